The Morgan fingerprint density at radius 1 is 1.39 bits per heavy atom. The van der Waals surface area contributed by atoms with Gasteiger partial charge in [-0.15, -0.1) is 0 Å². The number of aromatic nitrogens is 2. The highest BCUT2D eigenvalue weighted by molar-refractivity contribution is 6.31. The molecule has 0 unspecified atom stereocenters. The first-order chi connectivity index (χ1) is 8.56. The van der Waals surface area contributed by atoms with Gasteiger partial charge in [-0.25, -0.2) is 0 Å². The third-order valence-electron chi connectivity index (χ3n) is 2.66. The van der Waals surface area contributed by atoms with E-state index in [9.17, 15) is 0 Å². The van der Waals surface area contributed by atoms with E-state index in [1.54, 1.807) is 18.2 Å². The summed E-state index contributed by atoms with van der Waals surface area (Å²) in [6.07, 6.45) is 1.85. The van der Waals surface area contributed by atoms with Gasteiger partial charge in [0.25, 0.3) is 5.89 Å². The first-order valence-corrected chi connectivity index (χ1v) is 6.32. The predicted molar refractivity (Wildman–Crippen MR) is 72.3 cm³/mol. The number of aryl methyl sites for hydroxylation is 1. The molecule has 1 aromatic carbocycles. The van der Waals surface area contributed by atoms with E-state index >= 15 is 0 Å². The third kappa shape index (κ3) is 3.01. The van der Waals surface area contributed by atoms with Crippen molar-refractivity contribution >= 4 is 17.3 Å². The van der Waals surface area contributed by atoms with Gasteiger partial charge in [0.05, 0.1) is 5.56 Å². The van der Waals surface area contributed by atoms with E-state index in [1.807, 2.05) is 0 Å². The van der Waals surface area contributed by atoms with Crippen LogP contribution in [-0.2, 0) is 6.42 Å². The summed E-state index contributed by atoms with van der Waals surface area (Å²) < 4.78 is 5.22. The van der Waals surface area contributed by atoms with Gasteiger partial charge in [-0.05, 0) is 30.5 Å². The molecule has 0 atom stereocenters. The highest BCUT2D eigenvalue weighted by Crippen LogP contribution is 2.27. The normalized spacial score (nSPS) is 11.1. The van der Waals surface area contributed by atoms with Crippen molar-refractivity contribution in [3.05, 3.63) is 29.0 Å². The molecule has 2 aromatic rings. The molecule has 2 N–H and O–H groups in total. The Labute approximate surface area is 111 Å². The number of nitrogen functional groups attached to an aromatic ring is 1. The quantitative estimate of drug-likeness (QED) is 0.859. The summed E-state index contributed by atoms with van der Waals surface area (Å²) in [5, 5.41) is 4.55. The maximum atomic E-state index is 5.87. The molecule has 1 aromatic heterocycles. The standard InChI is InChI=1S/C13H16ClN3O/c1-8(2)3-6-12-16-13(18-17-12)10-5-4-9(14)7-11(10)15/h4-5,7-8H,3,6,15H2,1-2H3. The third-order valence-corrected chi connectivity index (χ3v) is 2.89. The minimum Gasteiger partial charge on any atom is -0.398 e. The number of anilines is 1. The van der Waals surface area contributed by atoms with Crippen LogP contribution >= 0.6 is 11.6 Å². The number of benzene rings is 1. The number of rotatable bonds is 4. The Bertz CT molecular complexity index is 537. The molecule has 0 amide bonds. The Hall–Kier alpha value is -1.55. The van der Waals surface area contributed by atoms with E-state index in [0.717, 1.165) is 18.4 Å². The summed E-state index contributed by atoms with van der Waals surface area (Å²) >= 11 is 5.85. The number of nitrogens with two attached hydrogens (primary N) is 1. The van der Waals surface area contributed by atoms with Gasteiger partial charge in [-0.2, -0.15) is 4.98 Å². The molecule has 2 rings (SSSR count). The van der Waals surface area contributed by atoms with Crippen LogP contribution in [0.15, 0.2) is 22.7 Å². The second-order valence-corrected chi connectivity index (χ2v) is 5.12. The fourth-order valence-electron chi connectivity index (χ4n) is 1.61. The van der Waals surface area contributed by atoms with Gasteiger partial charge >= 0.3 is 0 Å². The van der Waals surface area contributed by atoms with Crippen molar-refractivity contribution in [2.24, 2.45) is 5.92 Å². The summed E-state index contributed by atoms with van der Waals surface area (Å²) in [6.45, 7) is 4.33. The van der Waals surface area contributed by atoms with Gasteiger partial charge in [0, 0.05) is 17.1 Å². The molecule has 18 heavy (non-hydrogen) atoms. The zero-order valence-corrected chi connectivity index (χ0v) is 11.2. The van der Waals surface area contributed by atoms with Crippen LogP contribution in [0.5, 0.6) is 0 Å². The lowest BCUT2D eigenvalue weighted by Gasteiger charge is -2.00. The molecule has 0 saturated heterocycles. The van der Waals surface area contributed by atoms with Gasteiger partial charge in [-0.3, -0.25) is 0 Å². The molecule has 0 radical (unpaired) electrons. The average Bonchev–Trinajstić information content (AvgIpc) is 2.75. The Morgan fingerprint density at radius 3 is 2.83 bits per heavy atom. The van der Waals surface area contributed by atoms with Crippen LogP contribution in [0.3, 0.4) is 0 Å². The van der Waals surface area contributed by atoms with Crippen molar-refractivity contribution in [3.63, 3.8) is 0 Å². The second-order valence-electron chi connectivity index (χ2n) is 4.68. The van der Waals surface area contributed by atoms with Crippen LogP contribution in [0.1, 0.15) is 26.1 Å². The lowest BCUT2D eigenvalue weighted by Crippen LogP contribution is -1.94. The van der Waals surface area contributed by atoms with Crippen LogP contribution in [0.4, 0.5) is 5.69 Å². The Morgan fingerprint density at radius 2 is 2.17 bits per heavy atom. The van der Waals surface area contributed by atoms with E-state index in [4.69, 9.17) is 21.9 Å². The molecule has 0 aliphatic rings. The molecule has 5 heteroatoms. The second kappa shape index (κ2) is 5.40. The molecule has 0 spiro atoms. The topological polar surface area (TPSA) is 64.9 Å². The van der Waals surface area contributed by atoms with Gasteiger partial charge in [0.2, 0.25) is 0 Å². The molecular formula is C13H16ClN3O. The maximum absolute atomic E-state index is 5.87. The molecule has 0 fully saturated rings. The van der Waals surface area contributed by atoms with E-state index in [-0.39, 0.29) is 0 Å². The minimum absolute atomic E-state index is 0.447. The molecule has 0 aliphatic heterocycles. The Balaban J connectivity index is 2.18. The highest BCUT2D eigenvalue weighted by Gasteiger charge is 2.12. The van der Waals surface area contributed by atoms with Crippen molar-refractivity contribution in [2.75, 3.05) is 5.73 Å². The maximum Gasteiger partial charge on any atom is 0.260 e. The van der Waals surface area contributed by atoms with E-state index in [0.29, 0.717) is 28.3 Å². The summed E-state index contributed by atoms with van der Waals surface area (Å²) in [6, 6.07) is 5.22. The summed E-state index contributed by atoms with van der Waals surface area (Å²) in [4.78, 5) is 4.34. The molecule has 96 valence electrons. The van der Waals surface area contributed by atoms with Crippen molar-refractivity contribution in [3.8, 4) is 11.5 Å². The summed E-state index contributed by atoms with van der Waals surface area (Å²) in [5.41, 5.74) is 7.14. The van der Waals surface area contributed by atoms with Crippen molar-refractivity contribution in [1.29, 1.82) is 0 Å². The largest absolute Gasteiger partial charge is 0.398 e. The molecule has 0 saturated carbocycles. The van der Waals surface area contributed by atoms with Gasteiger partial charge < -0.3 is 10.3 Å². The zero-order chi connectivity index (χ0) is 13.1. The summed E-state index contributed by atoms with van der Waals surface area (Å²) in [5.74, 6) is 1.78. The molecular weight excluding hydrogens is 250 g/mol. The summed E-state index contributed by atoms with van der Waals surface area (Å²) in [7, 11) is 0. The first-order valence-electron chi connectivity index (χ1n) is 5.94. The van der Waals surface area contributed by atoms with E-state index < -0.39 is 0 Å². The Kier molecular flexibility index (Phi) is 3.87. The van der Waals surface area contributed by atoms with Crippen LogP contribution in [0, 0.1) is 5.92 Å². The first kappa shape index (κ1) is 12.9. The van der Waals surface area contributed by atoms with Crippen LogP contribution in [0.25, 0.3) is 11.5 Å². The van der Waals surface area contributed by atoms with Crippen LogP contribution < -0.4 is 5.73 Å². The number of halogens is 1. The van der Waals surface area contributed by atoms with Crippen molar-refractivity contribution in [1.82, 2.24) is 10.1 Å². The lowest BCUT2D eigenvalue weighted by atomic mass is 10.1. The number of hydrogen-bond donors (Lipinski definition) is 1. The average molecular weight is 266 g/mol. The molecule has 0 bridgehead atoms. The van der Waals surface area contributed by atoms with Gasteiger partial charge in [-0.1, -0.05) is 30.6 Å². The SMILES string of the molecule is CC(C)CCc1noc(-c2ccc(Cl)cc2N)n1. The minimum atomic E-state index is 0.447. The molecule has 0 aliphatic carbocycles. The highest BCUT2D eigenvalue weighted by atomic mass is 35.5. The molecule has 4 nitrogen and oxygen atoms in total. The van der Waals surface area contributed by atoms with Gasteiger partial charge in [0.15, 0.2) is 5.82 Å². The van der Waals surface area contributed by atoms with Crippen molar-refractivity contribution < 1.29 is 4.52 Å². The predicted octanol–water partition coefficient (Wildman–Crippen LogP) is 3.56. The van der Waals surface area contributed by atoms with Crippen LogP contribution in [0.2, 0.25) is 5.02 Å². The fourth-order valence-corrected chi connectivity index (χ4v) is 1.79. The lowest BCUT2D eigenvalue weighted by molar-refractivity contribution is 0.419. The molecule has 1 heterocycles. The van der Waals surface area contributed by atoms with Crippen molar-refractivity contribution in [2.45, 2.75) is 26.7 Å². The fraction of sp³-hybridized carbons (Fsp3) is 0.385. The van der Waals surface area contributed by atoms with Gasteiger partial charge in [0.1, 0.15) is 0 Å². The number of nitrogens with zero attached hydrogens (tertiary/aromatic N) is 2. The van der Waals surface area contributed by atoms with E-state index in [2.05, 4.69) is 24.0 Å². The zero-order valence-electron chi connectivity index (χ0n) is 10.5. The van der Waals surface area contributed by atoms with Crippen LogP contribution in [-0.4, -0.2) is 10.1 Å². The monoisotopic (exact) mass is 265 g/mol. The smallest absolute Gasteiger partial charge is 0.260 e. The van der Waals surface area contributed by atoms with E-state index in [1.165, 1.54) is 0 Å². The number of hydrogen-bond acceptors (Lipinski definition) is 4.